The lowest BCUT2D eigenvalue weighted by Gasteiger charge is -2.23. The number of benzene rings is 1. The van der Waals surface area contributed by atoms with Gasteiger partial charge in [-0.05, 0) is 40.6 Å². The van der Waals surface area contributed by atoms with Crippen molar-refractivity contribution < 1.29 is 22.7 Å². The van der Waals surface area contributed by atoms with Crippen LogP contribution >= 0.6 is 34.5 Å². The van der Waals surface area contributed by atoms with E-state index in [1.54, 1.807) is 16.8 Å². The molecule has 0 saturated heterocycles. The molecule has 0 atom stereocenters. The molecule has 0 radical (unpaired) electrons. The Morgan fingerprint density at radius 1 is 1.25 bits per heavy atom. The molecule has 1 aromatic heterocycles. The molecule has 1 amide bonds. The molecule has 2 aromatic rings. The summed E-state index contributed by atoms with van der Waals surface area (Å²) in [5.41, 5.74) is 0.627. The van der Waals surface area contributed by atoms with Gasteiger partial charge in [0.2, 0.25) is 0 Å². The van der Waals surface area contributed by atoms with Crippen LogP contribution in [0.1, 0.15) is 5.56 Å². The van der Waals surface area contributed by atoms with E-state index in [9.17, 15) is 18.0 Å². The van der Waals surface area contributed by atoms with E-state index in [1.807, 2.05) is 0 Å². The van der Waals surface area contributed by atoms with Crippen LogP contribution in [0.5, 0.6) is 5.75 Å². The maximum absolute atomic E-state index is 12.7. The lowest BCUT2D eigenvalue weighted by molar-refractivity contribution is -0.163. The van der Waals surface area contributed by atoms with Crippen LogP contribution in [0.3, 0.4) is 0 Å². The van der Waals surface area contributed by atoms with Crippen molar-refractivity contribution in [2.45, 2.75) is 12.7 Å². The lowest BCUT2D eigenvalue weighted by Crippen LogP contribution is -2.40. The zero-order valence-corrected chi connectivity index (χ0v) is 14.5. The Balaban J connectivity index is 2.03. The minimum absolute atomic E-state index is 0.139. The molecule has 24 heavy (non-hydrogen) atoms. The summed E-state index contributed by atoms with van der Waals surface area (Å²) in [5.74, 6) is -0.610. The van der Waals surface area contributed by atoms with Crippen LogP contribution in [-0.4, -0.2) is 30.1 Å². The van der Waals surface area contributed by atoms with Crippen LogP contribution in [0.4, 0.5) is 13.2 Å². The highest BCUT2D eigenvalue weighted by molar-refractivity contribution is 7.07. The average Bonchev–Trinajstić information content (AvgIpc) is 2.97. The average molecular weight is 398 g/mol. The second kappa shape index (κ2) is 8.09. The summed E-state index contributed by atoms with van der Waals surface area (Å²) in [6, 6.07) is 6.04. The maximum Gasteiger partial charge on any atom is 0.406 e. The van der Waals surface area contributed by atoms with Crippen molar-refractivity contribution in [3.63, 3.8) is 0 Å². The van der Waals surface area contributed by atoms with E-state index in [1.165, 1.54) is 29.5 Å². The quantitative estimate of drug-likeness (QED) is 0.684. The summed E-state index contributed by atoms with van der Waals surface area (Å²) in [6.07, 6.45) is -4.50. The van der Waals surface area contributed by atoms with Gasteiger partial charge in [-0.15, -0.1) is 0 Å². The third kappa shape index (κ3) is 5.89. The van der Waals surface area contributed by atoms with Gasteiger partial charge in [-0.25, -0.2) is 0 Å². The van der Waals surface area contributed by atoms with E-state index in [0.29, 0.717) is 15.5 Å². The van der Waals surface area contributed by atoms with Crippen molar-refractivity contribution in [1.29, 1.82) is 0 Å². The molecule has 1 aromatic carbocycles. The fourth-order valence-electron chi connectivity index (χ4n) is 1.87. The maximum atomic E-state index is 12.7. The molecule has 0 unspecified atom stereocenters. The number of carbonyl (C=O) groups excluding carboxylic acids is 1. The van der Waals surface area contributed by atoms with Crippen LogP contribution in [0.2, 0.25) is 10.0 Å². The molecule has 1 heterocycles. The van der Waals surface area contributed by atoms with Gasteiger partial charge in [-0.3, -0.25) is 4.79 Å². The molecule has 9 heteroatoms. The van der Waals surface area contributed by atoms with E-state index in [0.717, 1.165) is 0 Å². The van der Waals surface area contributed by atoms with Crippen LogP contribution < -0.4 is 4.74 Å². The minimum Gasteiger partial charge on any atom is -0.482 e. The number of carbonyl (C=O) groups is 1. The molecule has 0 aliphatic rings. The first kappa shape index (κ1) is 18.9. The zero-order valence-electron chi connectivity index (χ0n) is 12.1. The van der Waals surface area contributed by atoms with Crippen LogP contribution in [0, 0.1) is 0 Å². The predicted octanol–water partition coefficient (Wildman–Crippen LogP) is 5.02. The van der Waals surface area contributed by atoms with Gasteiger partial charge in [0.05, 0.1) is 5.02 Å². The number of ether oxygens (including phenoxy) is 1. The van der Waals surface area contributed by atoms with E-state index in [2.05, 4.69) is 0 Å². The van der Waals surface area contributed by atoms with Crippen molar-refractivity contribution in [3.05, 3.63) is 50.6 Å². The number of alkyl halides is 3. The predicted molar refractivity (Wildman–Crippen MR) is 87.7 cm³/mol. The fourth-order valence-corrected chi connectivity index (χ4v) is 3.00. The SMILES string of the molecule is O=C(COc1ccc(Cl)cc1Cl)N(Cc1ccsc1)CC(F)(F)F. The zero-order chi connectivity index (χ0) is 17.7. The first-order valence-electron chi connectivity index (χ1n) is 6.68. The standard InChI is InChI=1S/C15H12Cl2F3NO2S/c16-11-1-2-13(12(17)5-11)23-7-14(22)21(9-15(18,19)20)6-10-3-4-24-8-10/h1-5,8H,6-7,9H2. The normalized spacial score (nSPS) is 11.4. The molecule has 3 nitrogen and oxygen atoms in total. The van der Waals surface area contributed by atoms with E-state index < -0.39 is 25.2 Å². The van der Waals surface area contributed by atoms with E-state index in [4.69, 9.17) is 27.9 Å². The molecule has 0 aliphatic carbocycles. The van der Waals surface area contributed by atoms with Crippen LogP contribution in [-0.2, 0) is 11.3 Å². The van der Waals surface area contributed by atoms with Gasteiger partial charge in [-0.2, -0.15) is 24.5 Å². The van der Waals surface area contributed by atoms with Gasteiger partial charge >= 0.3 is 6.18 Å². The number of nitrogens with zero attached hydrogens (tertiary/aromatic N) is 1. The fraction of sp³-hybridized carbons (Fsp3) is 0.267. The van der Waals surface area contributed by atoms with Crippen molar-refractivity contribution in [3.8, 4) is 5.75 Å². The molecular weight excluding hydrogens is 386 g/mol. The topological polar surface area (TPSA) is 29.5 Å². The van der Waals surface area contributed by atoms with Crippen molar-refractivity contribution in [1.82, 2.24) is 4.90 Å². The summed E-state index contributed by atoms with van der Waals surface area (Å²) in [5, 5.41) is 3.98. The highest BCUT2D eigenvalue weighted by Crippen LogP contribution is 2.27. The van der Waals surface area contributed by atoms with Crippen molar-refractivity contribution in [2.24, 2.45) is 0 Å². The largest absolute Gasteiger partial charge is 0.482 e. The third-order valence-corrected chi connectivity index (χ3v) is 4.18. The number of halogens is 5. The van der Waals surface area contributed by atoms with Crippen molar-refractivity contribution in [2.75, 3.05) is 13.2 Å². The second-order valence-corrected chi connectivity index (χ2v) is 6.48. The number of hydrogen-bond donors (Lipinski definition) is 0. The highest BCUT2D eigenvalue weighted by Gasteiger charge is 2.33. The molecule has 0 bridgehead atoms. The molecule has 0 N–H and O–H groups in total. The van der Waals surface area contributed by atoms with Gasteiger partial charge < -0.3 is 9.64 Å². The van der Waals surface area contributed by atoms with Gasteiger partial charge in [-0.1, -0.05) is 23.2 Å². The van der Waals surface area contributed by atoms with Crippen LogP contribution in [0.15, 0.2) is 35.0 Å². The second-order valence-electron chi connectivity index (χ2n) is 4.86. The Morgan fingerprint density at radius 3 is 2.58 bits per heavy atom. The summed E-state index contributed by atoms with van der Waals surface area (Å²) in [4.78, 5) is 12.8. The van der Waals surface area contributed by atoms with E-state index >= 15 is 0 Å². The number of rotatable bonds is 6. The molecule has 2 rings (SSSR count). The smallest absolute Gasteiger partial charge is 0.406 e. The van der Waals surface area contributed by atoms with Gasteiger partial charge in [0.25, 0.3) is 5.91 Å². The Labute approximate surface area is 150 Å². The summed E-state index contributed by atoms with van der Waals surface area (Å²) >= 11 is 13.0. The van der Waals surface area contributed by atoms with Crippen LogP contribution in [0.25, 0.3) is 0 Å². The highest BCUT2D eigenvalue weighted by atomic mass is 35.5. The number of amides is 1. The summed E-state index contributed by atoms with van der Waals surface area (Å²) in [7, 11) is 0. The number of thiophene rings is 1. The molecule has 0 aliphatic heterocycles. The Bertz CT molecular complexity index is 693. The van der Waals surface area contributed by atoms with Gasteiger partial charge in [0.15, 0.2) is 6.61 Å². The van der Waals surface area contributed by atoms with Crippen molar-refractivity contribution >= 4 is 40.4 Å². The Morgan fingerprint density at radius 2 is 2.00 bits per heavy atom. The monoisotopic (exact) mass is 397 g/mol. The Kier molecular flexibility index (Phi) is 6.37. The summed E-state index contributed by atoms with van der Waals surface area (Å²) in [6.45, 7) is -2.04. The molecule has 130 valence electrons. The molecule has 0 fully saturated rings. The third-order valence-electron chi connectivity index (χ3n) is 2.92. The molecule has 0 spiro atoms. The number of hydrogen-bond acceptors (Lipinski definition) is 3. The first-order chi connectivity index (χ1) is 11.2. The van der Waals surface area contributed by atoms with Gasteiger partial charge in [0, 0.05) is 11.6 Å². The molecule has 0 saturated carbocycles. The molecular formula is C15H12Cl2F3NO2S. The lowest BCUT2D eigenvalue weighted by atomic mass is 10.3. The summed E-state index contributed by atoms with van der Waals surface area (Å²) < 4.78 is 43.3. The minimum atomic E-state index is -4.50. The first-order valence-corrected chi connectivity index (χ1v) is 8.38. The van der Waals surface area contributed by atoms with Gasteiger partial charge in [0.1, 0.15) is 12.3 Å². The van der Waals surface area contributed by atoms with E-state index in [-0.39, 0.29) is 17.3 Å². The Hall–Kier alpha value is -1.44.